The minimum absolute atomic E-state index is 0.223. The Bertz CT molecular complexity index is 550. The molecule has 1 aromatic carbocycles. The van der Waals surface area contributed by atoms with Crippen LogP contribution < -0.4 is 5.32 Å². The summed E-state index contributed by atoms with van der Waals surface area (Å²) < 4.78 is 3.13. The van der Waals surface area contributed by atoms with E-state index in [0.717, 1.165) is 23.3 Å². The highest BCUT2D eigenvalue weighted by molar-refractivity contribution is 9.10. The zero-order valence-corrected chi connectivity index (χ0v) is 13.8. The molecule has 0 bridgehead atoms. The van der Waals surface area contributed by atoms with E-state index in [1.54, 1.807) is 6.33 Å². The summed E-state index contributed by atoms with van der Waals surface area (Å²) in [6, 6.07) is 8.51. The molecule has 1 heterocycles. The van der Waals surface area contributed by atoms with Gasteiger partial charge in [-0.25, -0.2) is 9.67 Å². The molecule has 1 N–H and O–H groups in total. The van der Waals surface area contributed by atoms with Crippen molar-refractivity contribution in [3.8, 4) is 0 Å². The van der Waals surface area contributed by atoms with Crippen molar-refractivity contribution in [2.24, 2.45) is 5.92 Å². The number of aromatic nitrogens is 3. The van der Waals surface area contributed by atoms with Crippen LogP contribution in [0.15, 0.2) is 35.1 Å². The summed E-state index contributed by atoms with van der Waals surface area (Å²) >= 11 is 3.62. The third-order valence-corrected chi connectivity index (χ3v) is 3.97. The number of nitrogens with one attached hydrogen (secondary N) is 1. The van der Waals surface area contributed by atoms with Gasteiger partial charge < -0.3 is 5.32 Å². The molecule has 0 saturated carbocycles. The lowest BCUT2D eigenvalue weighted by molar-refractivity contribution is 0.451. The van der Waals surface area contributed by atoms with Crippen LogP contribution in [0.2, 0.25) is 0 Å². The van der Waals surface area contributed by atoms with E-state index in [4.69, 9.17) is 0 Å². The number of hydrogen-bond donors (Lipinski definition) is 1. The van der Waals surface area contributed by atoms with Gasteiger partial charge in [-0.15, -0.1) is 0 Å². The molecule has 0 amide bonds. The molecule has 1 atom stereocenters. The molecule has 2 rings (SSSR count). The average molecular weight is 337 g/mol. The van der Waals surface area contributed by atoms with Crippen molar-refractivity contribution in [2.75, 3.05) is 7.05 Å². The summed E-state index contributed by atoms with van der Waals surface area (Å²) in [4.78, 5) is 4.41. The highest BCUT2D eigenvalue weighted by Gasteiger charge is 2.16. The molecule has 5 heteroatoms. The number of hydrogen-bond acceptors (Lipinski definition) is 3. The Morgan fingerprint density at radius 3 is 2.70 bits per heavy atom. The molecule has 0 aliphatic carbocycles. The molecule has 0 fully saturated rings. The first kappa shape index (κ1) is 15.2. The van der Waals surface area contributed by atoms with E-state index in [9.17, 15) is 0 Å². The number of halogens is 1. The lowest BCUT2D eigenvalue weighted by Gasteiger charge is -2.18. The van der Waals surface area contributed by atoms with Gasteiger partial charge in [-0.05, 0) is 24.6 Å². The van der Waals surface area contributed by atoms with Crippen LogP contribution in [0, 0.1) is 5.92 Å². The normalized spacial score (nSPS) is 12.8. The summed E-state index contributed by atoms with van der Waals surface area (Å²) in [7, 11) is 1.98. The Morgan fingerprint density at radius 1 is 1.30 bits per heavy atom. The molecule has 1 unspecified atom stereocenters. The van der Waals surface area contributed by atoms with Crippen molar-refractivity contribution in [1.82, 2.24) is 20.1 Å². The van der Waals surface area contributed by atoms with E-state index in [1.165, 1.54) is 5.56 Å². The molecular weight excluding hydrogens is 316 g/mol. The minimum Gasteiger partial charge on any atom is -0.313 e. The van der Waals surface area contributed by atoms with Crippen LogP contribution in [0.3, 0.4) is 0 Å². The molecule has 108 valence electrons. The van der Waals surface area contributed by atoms with Gasteiger partial charge in [0, 0.05) is 23.5 Å². The zero-order chi connectivity index (χ0) is 14.5. The minimum atomic E-state index is 0.223. The summed E-state index contributed by atoms with van der Waals surface area (Å²) in [6.45, 7) is 5.28. The van der Waals surface area contributed by atoms with Crippen molar-refractivity contribution in [1.29, 1.82) is 0 Å². The maximum absolute atomic E-state index is 4.41. The van der Waals surface area contributed by atoms with Crippen molar-refractivity contribution in [2.45, 2.75) is 32.9 Å². The Hall–Kier alpha value is -1.20. The van der Waals surface area contributed by atoms with Gasteiger partial charge in [0.05, 0.1) is 0 Å². The Kier molecular flexibility index (Phi) is 5.31. The second kappa shape index (κ2) is 6.99. The summed E-state index contributed by atoms with van der Waals surface area (Å²) in [5.41, 5.74) is 1.24. The van der Waals surface area contributed by atoms with Gasteiger partial charge in [0.1, 0.15) is 12.2 Å². The summed E-state index contributed by atoms with van der Waals surface area (Å²) in [6.07, 6.45) is 2.47. The molecule has 0 radical (unpaired) electrons. The fourth-order valence-corrected chi connectivity index (χ4v) is 2.81. The Balaban J connectivity index is 2.19. The topological polar surface area (TPSA) is 42.7 Å². The van der Waals surface area contributed by atoms with Crippen LogP contribution in [-0.2, 0) is 13.0 Å². The second-order valence-corrected chi connectivity index (χ2v) is 6.17. The molecule has 0 aliphatic heterocycles. The van der Waals surface area contributed by atoms with Crippen molar-refractivity contribution in [3.63, 3.8) is 0 Å². The number of nitrogens with zero attached hydrogens (tertiary/aromatic N) is 3. The zero-order valence-electron chi connectivity index (χ0n) is 12.2. The van der Waals surface area contributed by atoms with Gasteiger partial charge in [-0.1, -0.05) is 48.0 Å². The van der Waals surface area contributed by atoms with Crippen LogP contribution in [0.1, 0.15) is 31.3 Å². The number of rotatable bonds is 6. The van der Waals surface area contributed by atoms with Gasteiger partial charge in [0.15, 0.2) is 0 Å². The van der Waals surface area contributed by atoms with E-state index < -0.39 is 0 Å². The third kappa shape index (κ3) is 3.67. The van der Waals surface area contributed by atoms with Crippen LogP contribution in [0.4, 0.5) is 0 Å². The first-order valence-corrected chi connectivity index (χ1v) is 7.69. The van der Waals surface area contributed by atoms with Crippen molar-refractivity contribution in [3.05, 3.63) is 46.5 Å². The molecule has 0 aliphatic rings. The molecule has 20 heavy (non-hydrogen) atoms. The molecule has 4 nitrogen and oxygen atoms in total. The standard InChI is InChI=1S/C15H21BrN4/c1-11(2)9-20-15(18-10-19-20)8-14(17-3)12-6-4-5-7-13(12)16/h4-7,10-11,14,17H,8-9H2,1-3H3. The van der Waals surface area contributed by atoms with E-state index in [1.807, 2.05) is 17.8 Å². The second-order valence-electron chi connectivity index (χ2n) is 5.32. The highest BCUT2D eigenvalue weighted by Crippen LogP contribution is 2.25. The number of likely N-dealkylation sites (N-methyl/N-ethyl adjacent to an activating group) is 1. The quantitative estimate of drug-likeness (QED) is 0.880. The molecular formula is C15H21BrN4. The van der Waals surface area contributed by atoms with E-state index >= 15 is 0 Å². The molecule has 0 saturated heterocycles. The first-order valence-electron chi connectivity index (χ1n) is 6.90. The maximum atomic E-state index is 4.41. The predicted octanol–water partition coefficient (Wildman–Crippen LogP) is 3.20. The van der Waals surface area contributed by atoms with E-state index in [2.05, 4.69) is 63.4 Å². The molecule has 0 spiro atoms. The van der Waals surface area contributed by atoms with Crippen molar-refractivity contribution >= 4 is 15.9 Å². The fraction of sp³-hybridized carbons (Fsp3) is 0.467. The van der Waals surface area contributed by atoms with Gasteiger partial charge in [-0.2, -0.15) is 5.10 Å². The fourth-order valence-electron chi connectivity index (χ4n) is 2.25. The lowest BCUT2D eigenvalue weighted by atomic mass is 10.0. The largest absolute Gasteiger partial charge is 0.313 e. The summed E-state index contributed by atoms with van der Waals surface area (Å²) in [5.74, 6) is 1.58. The van der Waals surface area contributed by atoms with Crippen LogP contribution in [0.25, 0.3) is 0 Å². The molecule has 1 aromatic heterocycles. The monoisotopic (exact) mass is 336 g/mol. The number of benzene rings is 1. The maximum Gasteiger partial charge on any atom is 0.138 e. The Morgan fingerprint density at radius 2 is 2.05 bits per heavy atom. The highest BCUT2D eigenvalue weighted by atomic mass is 79.9. The predicted molar refractivity (Wildman–Crippen MR) is 84.5 cm³/mol. The van der Waals surface area contributed by atoms with Gasteiger partial charge >= 0.3 is 0 Å². The average Bonchev–Trinajstić information content (AvgIpc) is 2.83. The van der Waals surface area contributed by atoms with Gasteiger partial charge in [-0.3, -0.25) is 0 Å². The first-order chi connectivity index (χ1) is 9.61. The SMILES string of the molecule is CNC(Cc1ncnn1CC(C)C)c1ccccc1Br. The van der Waals surface area contributed by atoms with Gasteiger partial charge in [0.2, 0.25) is 0 Å². The smallest absolute Gasteiger partial charge is 0.138 e. The van der Waals surface area contributed by atoms with Crippen LogP contribution in [-0.4, -0.2) is 21.8 Å². The van der Waals surface area contributed by atoms with E-state index in [0.29, 0.717) is 5.92 Å². The lowest BCUT2D eigenvalue weighted by Crippen LogP contribution is -2.22. The van der Waals surface area contributed by atoms with Crippen LogP contribution in [0.5, 0.6) is 0 Å². The van der Waals surface area contributed by atoms with E-state index in [-0.39, 0.29) is 6.04 Å². The Labute approximate surface area is 128 Å². The summed E-state index contributed by atoms with van der Waals surface area (Å²) in [5, 5.41) is 7.69. The van der Waals surface area contributed by atoms with Crippen LogP contribution >= 0.6 is 15.9 Å². The molecule has 2 aromatic rings. The van der Waals surface area contributed by atoms with Crippen molar-refractivity contribution < 1.29 is 0 Å². The van der Waals surface area contributed by atoms with Gasteiger partial charge in [0.25, 0.3) is 0 Å². The third-order valence-electron chi connectivity index (χ3n) is 3.25.